The maximum Gasteiger partial charge on any atom is 0.416 e. The Labute approximate surface area is 178 Å². The van der Waals surface area contributed by atoms with Crippen LogP contribution in [0.1, 0.15) is 24.8 Å². The molecule has 1 aliphatic heterocycles. The first-order valence-corrected chi connectivity index (χ1v) is 12.3. The van der Waals surface area contributed by atoms with Crippen LogP contribution in [0.15, 0.2) is 52.3 Å². The van der Waals surface area contributed by atoms with E-state index in [0.29, 0.717) is 32.0 Å². The number of ether oxygens (including phenoxy) is 1. The van der Waals surface area contributed by atoms with Crippen LogP contribution in [0.4, 0.5) is 18.9 Å². The van der Waals surface area contributed by atoms with E-state index in [4.69, 9.17) is 4.74 Å². The summed E-state index contributed by atoms with van der Waals surface area (Å²) in [7, 11) is -7.06. The second kappa shape index (κ2) is 8.67. The minimum absolute atomic E-state index is 0.0348. The van der Waals surface area contributed by atoms with Crippen LogP contribution in [0.25, 0.3) is 0 Å². The predicted octanol–water partition coefficient (Wildman–Crippen LogP) is 3.69. The molecular weight excluding hydrogens is 457 g/mol. The van der Waals surface area contributed by atoms with Crippen molar-refractivity contribution in [3.63, 3.8) is 0 Å². The largest absolute Gasteiger partial charge is 0.495 e. The number of hydrogen-bond donors (Lipinski definition) is 1. The van der Waals surface area contributed by atoms with E-state index in [9.17, 15) is 30.0 Å². The molecule has 0 aliphatic carbocycles. The van der Waals surface area contributed by atoms with Gasteiger partial charge in [0.1, 0.15) is 10.6 Å². The van der Waals surface area contributed by atoms with E-state index in [-0.39, 0.29) is 16.3 Å². The Morgan fingerprint density at radius 1 is 0.968 bits per heavy atom. The standard InChI is InChI=1S/C19H21F3N2O5S2/c1-29-17-9-8-15(13-18(17)31(27,28)24-10-3-2-4-11-24)23-30(25,26)16-7-5-6-14(12-16)19(20,21)22/h5-9,12-13,23H,2-4,10-11H2,1H3. The van der Waals surface area contributed by atoms with Crippen molar-refractivity contribution in [2.45, 2.75) is 35.2 Å². The molecule has 1 aliphatic rings. The number of rotatable bonds is 6. The first kappa shape index (κ1) is 23.4. The van der Waals surface area contributed by atoms with E-state index in [1.54, 1.807) is 0 Å². The van der Waals surface area contributed by atoms with Crippen molar-refractivity contribution >= 4 is 25.7 Å². The topological polar surface area (TPSA) is 92.8 Å². The number of sulfonamides is 2. The van der Waals surface area contributed by atoms with E-state index in [0.717, 1.165) is 30.7 Å². The van der Waals surface area contributed by atoms with Gasteiger partial charge in [-0.25, -0.2) is 16.8 Å². The normalized spacial score (nSPS) is 16.1. The third kappa shape index (κ3) is 5.13. The molecule has 1 fully saturated rings. The highest BCUT2D eigenvalue weighted by Gasteiger charge is 2.32. The van der Waals surface area contributed by atoms with Crippen molar-refractivity contribution in [3.8, 4) is 5.75 Å². The van der Waals surface area contributed by atoms with Crippen LogP contribution < -0.4 is 9.46 Å². The van der Waals surface area contributed by atoms with Gasteiger partial charge >= 0.3 is 6.18 Å². The lowest BCUT2D eigenvalue weighted by molar-refractivity contribution is -0.137. The van der Waals surface area contributed by atoms with Gasteiger partial charge in [0.05, 0.1) is 23.3 Å². The molecule has 1 saturated heterocycles. The summed E-state index contributed by atoms with van der Waals surface area (Å²) < 4.78 is 98.7. The Bertz CT molecular complexity index is 1160. The van der Waals surface area contributed by atoms with E-state index >= 15 is 0 Å². The SMILES string of the molecule is COc1ccc(NS(=O)(=O)c2cccc(C(F)(F)F)c2)cc1S(=O)(=O)N1CCCCC1. The molecule has 0 radical (unpaired) electrons. The molecule has 0 atom stereocenters. The molecule has 0 bridgehead atoms. The Hall–Kier alpha value is -2.31. The molecule has 3 rings (SSSR count). The molecule has 0 saturated carbocycles. The highest BCUT2D eigenvalue weighted by molar-refractivity contribution is 7.92. The Morgan fingerprint density at radius 3 is 2.26 bits per heavy atom. The molecule has 1 heterocycles. The van der Waals surface area contributed by atoms with E-state index in [1.807, 2.05) is 0 Å². The molecule has 0 unspecified atom stereocenters. The van der Waals surface area contributed by atoms with Crippen LogP contribution in [0.3, 0.4) is 0 Å². The van der Waals surface area contributed by atoms with Crippen LogP contribution in [-0.2, 0) is 26.2 Å². The van der Waals surface area contributed by atoms with Crippen LogP contribution in [-0.4, -0.2) is 41.3 Å². The molecular formula is C19H21F3N2O5S2. The van der Waals surface area contributed by atoms with Crippen LogP contribution in [0.2, 0.25) is 0 Å². The third-order valence-corrected chi connectivity index (χ3v) is 8.12. The molecule has 12 heteroatoms. The van der Waals surface area contributed by atoms with Crippen molar-refractivity contribution in [3.05, 3.63) is 48.0 Å². The Kier molecular flexibility index (Phi) is 6.53. The fraction of sp³-hybridized carbons (Fsp3) is 0.368. The minimum atomic E-state index is -4.71. The van der Waals surface area contributed by atoms with Gasteiger partial charge in [0.25, 0.3) is 10.0 Å². The summed E-state index contributed by atoms with van der Waals surface area (Å²) in [5.74, 6) is 0.0348. The Morgan fingerprint density at radius 2 is 1.65 bits per heavy atom. The first-order chi connectivity index (χ1) is 14.4. The van der Waals surface area contributed by atoms with Crippen LogP contribution in [0, 0.1) is 0 Å². The molecule has 2 aromatic rings. The molecule has 0 spiro atoms. The quantitative estimate of drug-likeness (QED) is 0.684. The number of methoxy groups -OCH3 is 1. The van der Waals surface area contributed by atoms with Gasteiger partial charge in [-0.15, -0.1) is 0 Å². The predicted molar refractivity (Wildman–Crippen MR) is 108 cm³/mol. The number of piperidine rings is 1. The Balaban J connectivity index is 1.96. The second-order valence-corrected chi connectivity index (χ2v) is 10.6. The molecule has 2 aromatic carbocycles. The number of hydrogen-bond acceptors (Lipinski definition) is 5. The summed E-state index contributed by atoms with van der Waals surface area (Å²) >= 11 is 0. The zero-order chi connectivity index (χ0) is 22.9. The maximum atomic E-state index is 13.1. The number of nitrogens with one attached hydrogen (secondary N) is 1. The smallest absolute Gasteiger partial charge is 0.416 e. The van der Waals surface area contributed by atoms with Crippen molar-refractivity contribution in [2.75, 3.05) is 24.9 Å². The highest BCUT2D eigenvalue weighted by atomic mass is 32.2. The molecule has 31 heavy (non-hydrogen) atoms. The maximum absolute atomic E-state index is 13.1. The van der Waals surface area contributed by atoms with Crippen molar-refractivity contribution in [2.24, 2.45) is 0 Å². The van der Waals surface area contributed by atoms with Gasteiger partial charge < -0.3 is 4.74 Å². The number of anilines is 1. The van der Waals surface area contributed by atoms with E-state index in [2.05, 4.69) is 4.72 Å². The second-order valence-electron chi connectivity index (χ2n) is 6.96. The molecule has 0 amide bonds. The number of benzene rings is 2. The van der Waals surface area contributed by atoms with E-state index in [1.165, 1.54) is 23.5 Å². The summed E-state index contributed by atoms with van der Waals surface area (Å²) in [4.78, 5) is -0.820. The number of halogens is 3. The van der Waals surface area contributed by atoms with Gasteiger partial charge in [-0.1, -0.05) is 12.5 Å². The van der Waals surface area contributed by atoms with Gasteiger partial charge in [0, 0.05) is 13.1 Å². The fourth-order valence-corrected chi connectivity index (χ4v) is 6.03. The van der Waals surface area contributed by atoms with Gasteiger partial charge in [0.2, 0.25) is 10.0 Å². The van der Waals surface area contributed by atoms with Crippen LogP contribution in [0.5, 0.6) is 5.75 Å². The van der Waals surface area contributed by atoms with E-state index < -0.39 is 36.7 Å². The average molecular weight is 479 g/mol. The monoisotopic (exact) mass is 478 g/mol. The van der Waals surface area contributed by atoms with Gasteiger partial charge in [-0.2, -0.15) is 17.5 Å². The zero-order valence-electron chi connectivity index (χ0n) is 16.5. The summed E-state index contributed by atoms with van der Waals surface area (Å²) in [5.41, 5.74) is -1.23. The summed E-state index contributed by atoms with van der Waals surface area (Å²) in [6.45, 7) is 0.678. The van der Waals surface area contributed by atoms with Gasteiger partial charge in [-0.3, -0.25) is 4.72 Å². The zero-order valence-corrected chi connectivity index (χ0v) is 18.1. The van der Waals surface area contributed by atoms with Crippen molar-refractivity contribution in [1.29, 1.82) is 0 Å². The average Bonchev–Trinajstić information content (AvgIpc) is 2.73. The lowest BCUT2D eigenvalue weighted by Crippen LogP contribution is -2.35. The first-order valence-electron chi connectivity index (χ1n) is 9.33. The lowest BCUT2D eigenvalue weighted by atomic mass is 10.2. The van der Waals surface area contributed by atoms with Crippen LogP contribution >= 0.6 is 0 Å². The number of alkyl halides is 3. The fourth-order valence-electron chi connectivity index (χ4n) is 3.24. The molecule has 0 aromatic heterocycles. The highest BCUT2D eigenvalue weighted by Crippen LogP contribution is 2.33. The minimum Gasteiger partial charge on any atom is -0.495 e. The lowest BCUT2D eigenvalue weighted by Gasteiger charge is -2.26. The van der Waals surface area contributed by atoms with Gasteiger partial charge in [-0.05, 0) is 49.2 Å². The summed E-state index contributed by atoms with van der Waals surface area (Å²) in [6, 6.07) is 6.95. The molecule has 1 N–H and O–H groups in total. The number of nitrogens with zero attached hydrogens (tertiary/aromatic N) is 1. The molecule has 7 nitrogen and oxygen atoms in total. The summed E-state index contributed by atoms with van der Waals surface area (Å²) in [5, 5.41) is 0. The van der Waals surface area contributed by atoms with Crippen molar-refractivity contribution in [1.82, 2.24) is 4.31 Å². The van der Waals surface area contributed by atoms with Crippen molar-refractivity contribution < 1.29 is 34.7 Å². The third-order valence-electron chi connectivity index (χ3n) is 4.82. The summed E-state index contributed by atoms with van der Waals surface area (Å²) in [6.07, 6.45) is -2.37. The van der Waals surface area contributed by atoms with Gasteiger partial charge in [0.15, 0.2) is 0 Å². The molecule has 170 valence electrons.